The molecule has 0 radical (unpaired) electrons. The van der Waals surface area contributed by atoms with Gasteiger partial charge in [0.05, 0.1) is 23.5 Å². The summed E-state index contributed by atoms with van der Waals surface area (Å²) < 4.78 is 1.63. The second-order valence-electron chi connectivity index (χ2n) is 2.88. The standard InChI is InChI=1S/C10H9N3O/c1-2-3-10(14)8-6-12-13-5-4-11-7-9(8)13/h2,4-7H,1,3H2. The number of rotatable bonds is 3. The average Bonchev–Trinajstić information content (AvgIpc) is 2.61. The molecule has 70 valence electrons. The summed E-state index contributed by atoms with van der Waals surface area (Å²) in [7, 11) is 0. The van der Waals surface area contributed by atoms with Gasteiger partial charge in [-0.15, -0.1) is 6.58 Å². The van der Waals surface area contributed by atoms with Crippen molar-refractivity contribution < 1.29 is 4.79 Å². The van der Waals surface area contributed by atoms with Crippen LogP contribution in [0.4, 0.5) is 0 Å². The third-order valence-corrected chi connectivity index (χ3v) is 1.95. The summed E-state index contributed by atoms with van der Waals surface area (Å²) in [5.41, 5.74) is 1.33. The molecule has 4 heteroatoms. The molecule has 2 rings (SSSR count). The molecule has 0 atom stereocenters. The third-order valence-electron chi connectivity index (χ3n) is 1.95. The second-order valence-corrected chi connectivity index (χ2v) is 2.88. The first-order chi connectivity index (χ1) is 6.83. The van der Waals surface area contributed by atoms with E-state index in [-0.39, 0.29) is 5.78 Å². The Kier molecular flexibility index (Phi) is 2.10. The van der Waals surface area contributed by atoms with Crippen LogP contribution >= 0.6 is 0 Å². The molecule has 0 saturated carbocycles. The molecule has 2 aromatic rings. The Morgan fingerprint density at radius 3 is 3.21 bits per heavy atom. The van der Waals surface area contributed by atoms with Gasteiger partial charge in [-0.3, -0.25) is 9.78 Å². The number of aromatic nitrogens is 3. The molecule has 0 fully saturated rings. The highest BCUT2D eigenvalue weighted by Gasteiger charge is 2.10. The molecule has 0 unspecified atom stereocenters. The molecule has 0 aromatic carbocycles. The van der Waals surface area contributed by atoms with Crippen molar-refractivity contribution in [3.8, 4) is 0 Å². The summed E-state index contributed by atoms with van der Waals surface area (Å²) in [5.74, 6) is 0.0167. The monoisotopic (exact) mass is 187 g/mol. The second kappa shape index (κ2) is 3.41. The highest BCUT2D eigenvalue weighted by molar-refractivity contribution is 6.02. The number of carbonyl (C=O) groups is 1. The van der Waals surface area contributed by atoms with E-state index >= 15 is 0 Å². The van der Waals surface area contributed by atoms with Crippen LogP contribution in [-0.2, 0) is 0 Å². The van der Waals surface area contributed by atoms with Gasteiger partial charge in [0.15, 0.2) is 5.78 Å². The first-order valence-electron chi connectivity index (χ1n) is 4.24. The third kappa shape index (κ3) is 1.31. The van der Waals surface area contributed by atoms with Crippen LogP contribution in [0.5, 0.6) is 0 Å². The molecule has 2 aromatic heterocycles. The minimum Gasteiger partial charge on any atom is -0.294 e. The SMILES string of the molecule is C=CCC(=O)c1cnn2ccncc12. The Morgan fingerprint density at radius 1 is 1.57 bits per heavy atom. The molecule has 0 amide bonds. The maximum absolute atomic E-state index is 11.6. The van der Waals surface area contributed by atoms with Crippen molar-refractivity contribution in [2.75, 3.05) is 0 Å². The maximum atomic E-state index is 11.6. The first kappa shape index (κ1) is 8.62. The fourth-order valence-corrected chi connectivity index (χ4v) is 1.29. The number of carbonyl (C=O) groups excluding carboxylic acids is 1. The molecule has 0 bridgehead atoms. The van der Waals surface area contributed by atoms with E-state index in [2.05, 4.69) is 16.7 Å². The van der Waals surface area contributed by atoms with E-state index in [1.807, 2.05) is 0 Å². The van der Waals surface area contributed by atoms with E-state index in [0.29, 0.717) is 12.0 Å². The minimum atomic E-state index is 0.0167. The highest BCUT2D eigenvalue weighted by atomic mass is 16.1. The molecule has 0 N–H and O–H groups in total. The molecule has 14 heavy (non-hydrogen) atoms. The van der Waals surface area contributed by atoms with E-state index in [9.17, 15) is 4.79 Å². The predicted octanol–water partition coefficient (Wildman–Crippen LogP) is 1.49. The van der Waals surface area contributed by atoms with Gasteiger partial charge in [-0.05, 0) is 0 Å². The Hall–Kier alpha value is -1.97. The predicted molar refractivity (Wildman–Crippen MR) is 52.1 cm³/mol. The summed E-state index contributed by atoms with van der Waals surface area (Å²) in [6, 6.07) is 0. The van der Waals surface area contributed by atoms with Crippen molar-refractivity contribution in [2.24, 2.45) is 0 Å². The zero-order valence-corrected chi connectivity index (χ0v) is 7.55. The van der Waals surface area contributed by atoms with Crippen molar-refractivity contribution in [2.45, 2.75) is 6.42 Å². The van der Waals surface area contributed by atoms with Crippen LogP contribution in [-0.4, -0.2) is 20.4 Å². The van der Waals surface area contributed by atoms with Crippen LogP contribution < -0.4 is 0 Å². The molecular weight excluding hydrogens is 178 g/mol. The molecule has 0 spiro atoms. The zero-order chi connectivity index (χ0) is 9.97. The molecule has 2 heterocycles. The van der Waals surface area contributed by atoms with Crippen molar-refractivity contribution >= 4 is 11.3 Å². The molecule has 0 saturated heterocycles. The van der Waals surface area contributed by atoms with Crippen LogP contribution in [0.15, 0.2) is 37.4 Å². The van der Waals surface area contributed by atoms with Gasteiger partial charge >= 0.3 is 0 Å². The lowest BCUT2D eigenvalue weighted by Crippen LogP contribution is -1.96. The van der Waals surface area contributed by atoms with Crippen LogP contribution in [0.25, 0.3) is 5.52 Å². The van der Waals surface area contributed by atoms with Gasteiger partial charge in [0.25, 0.3) is 0 Å². The van der Waals surface area contributed by atoms with E-state index < -0.39 is 0 Å². The van der Waals surface area contributed by atoms with Crippen molar-refractivity contribution in [1.29, 1.82) is 0 Å². The van der Waals surface area contributed by atoms with E-state index in [1.165, 1.54) is 0 Å². The minimum absolute atomic E-state index is 0.0167. The van der Waals surface area contributed by atoms with Crippen LogP contribution in [0.2, 0.25) is 0 Å². The quantitative estimate of drug-likeness (QED) is 0.540. The van der Waals surface area contributed by atoms with Crippen molar-refractivity contribution in [3.63, 3.8) is 0 Å². The van der Waals surface area contributed by atoms with E-state index in [1.54, 1.807) is 35.4 Å². The van der Waals surface area contributed by atoms with Gasteiger partial charge in [-0.25, -0.2) is 4.52 Å². The van der Waals surface area contributed by atoms with E-state index in [0.717, 1.165) is 5.52 Å². The summed E-state index contributed by atoms with van der Waals surface area (Å²) in [6.45, 7) is 3.53. The topological polar surface area (TPSA) is 47.3 Å². The number of hydrogen-bond acceptors (Lipinski definition) is 3. The van der Waals surface area contributed by atoms with Gasteiger partial charge in [0.2, 0.25) is 0 Å². The smallest absolute Gasteiger partial charge is 0.170 e. The fourth-order valence-electron chi connectivity index (χ4n) is 1.29. The number of fused-ring (bicyclic) bond motifs is 1. The summed E-state index contributed by atoms with van der Waals surface area (Å²) in [5, 5.41) is 4.04. The number of Topliss-reactive ketones (excluding diaryl/α,β-unsaturated/α-hetero) is 1. The molecule has 0 aliphatic rings. The van der Waals surface area contributed by atoms with E-state index in [4.69, 9.17) is 0 Å². The van der Waals surface area contributed by atoms with Gasteiger partial charge in [0.1, 0.15) is 0 Å². The summed E-state index contributed by atoms with van der Waals surface area (Å²) in [4.78, 5) is 15.5. The first-order valence-corrected chi connectivity index (χ1v) is 4.24. The molecule has 0 aliphatic carbocycles. The van der Waals surface area contributed by atoms with Crippen molar-refractivity contribution in [3.05, 3.63) is 43.0 Å². The highest BCUT2D eigenvalue weighted by Crippen LogP contribution is 2.10. The normalized spacial score (nSPS) is 10.3. The summed E-state index contributed by atoms with van der Waals surface area (Å²) in [6.07, 6.45) is 8.44. The van der Waals surface area contributed by atoms with Crippen LogP contribution in [0.1, 0.15) is 16.8 Å². The van der Waals surface area contributed by atoms with Gasteiger partial charge < -0.3 is 0 Å². The van der Waals surface area contributed by atoms with Gasteiger partial charge in [-0.1, -0.05) is 6.08 Å². The molecule has 4 nitrogen and oxygen atoms in total. The zero-order valence-electron chi connectivity index (χ0n) is 7.55. The Labute approximate surface area is 80.9 Å². The lowest BCUT2D eigenvalue weighted by Gasteiger charge is -1.94. The number of hydrogen-bond donors (Lipinski definition) is 0. The average molecular weight is 187 g/mol. The van der Waals surface area contributed by atoms with Crippen LogP contribution in [0, 0.1) is 0 Å². The lowest BCUT2D eigenvalue weighted by atomic mass is 10.1. The van der Waals surface area contributed by atoms with Crippen LogP contribution in [0.3, 0.4) is 0 Å². The maximum Gasteiger partial charge on any atom is 0.170 e. The largest absolute Gasteiger partial charge is 0.294 e. The molecule has 0 aliphatic heterocycles. The lowest BCUT2D eigenvalue weighted by molar-refractivity contribution is 0.0997. The summed E-state index contributed by atoms with van der Waals surface area (Å²) >= 11 is 0. The van der Waals surface area contributed by atoms with Crippen molar-refractivity contribution in [1.82, 2.24) is 14.6 Å². The Morgan fingerprint density at radius 2 is 2.43 bits per heavy atom. The Balaban J connectivity index is 2.52. The molecular formula is C10H9N3O. The number of ketones is 1. The number of allylic oxidation sites excluding steroid dienone is 1. The number of nitrogens with zero attached hydrogens (tertiary/aromatic N) is 3. The van der Waals surface area contributed by atoms with Gasteiger partial charge in [-0.2, -0.15) is 5.10 Å². The Bertz CT molecular complexity index is 487. The van der Waals surface area contributed by atoms with Gasteiger partial charge in [0, 0.05) is 18.8 Å². The fraction of sp³-hybridized carbons (Fsp3) is 0.100.